The second-order valence-electron chi connectivity index (χ2n) is 6.96. The van der Waals surface area contributed by atoms with E-state index in [1.165, 1.54) is 17.8 Å². The number of fused-ring (bicyclic) bond motifs is 1. The van der Waals surface area contributed by atoms with E-state index in [-0.39, 0.29) is 11.6 Å². The average Bonchev–Trinajstić information content (AvgIpc) is 3.40. The first kappa shape index (κ1) is 19.8. The first-order valence-corrected chi connectivity index (χ1v) is 10.5. The summed E-state index contributed by atoms with van der Waals surface area (Å²) in [6.07, 6.45) is 1.60. The van der Waals surface area contributed by atoms with Gasteiger partial charge in [0.2, 0.25) is 0 Å². The van der Waals surface area contributed by atoms with Gasteiger partial charge in [0.1, 0.15) is 11.5 Å². The van der Waals surface area contributed by atoms with Crippen molar-refractivity contribution in [2.45, 2.75) is 0 Å². The van der Waals surface area contributed by atoms with Crippen LogP contribution in [-0.2, 0) is 4.79 Å². The van der Waals surface area contributed by atoms with Gasteiger partial charge in [-0.25, -0.2) is 4.99 Å². The van der Waals surface area contributed by atoms with Crippen LogP contribution in [0, 0.1) is 10.1 Å². The molecule has 0 aliphatic carbocycles. The Bertz CT molecular complexity index is 1430. The Morgan fingerprint density at radius 2 is 1.75 bits per heavy atom. The van der Waals surface area contributed by atoms with E-state index >= 15 is 0 Å². The van der Waals surface area contributed by atoms with E-state index in [2.05, 4.69) is 10.3 Å². The predicted octanol–water partition coefficient (Wildman–Crippen LogP) is 5.90. The molecule has 8 heteroatoms. The Hall–Kier alpha value is -4.17. The van der Waals surface area contributed by atoms with Gasteiger partial charge >= 0.3 is 0 Å². The van der Waals surface area contributed by atoms with Crippen LogP contribution in [0.4, 0.5) is 11.4 Å². The molecule has 1 aromatic heterocycles. The smallest absolute Gasteiger partial charge is 0.280 e. The maximum absolute atomic E-state index is 12.5. The van der Waals surface area contributed by atoms with Crippen LogP contribution in [0.25, 0.3) is 28.2 Å². The third-order valence-corrected chi connectivity index (χ3v) is 5.82. The van der Waals surface area contributed by atoms with Crippen LogP contribution in [0.15, 0.2) is 93.2 Å². The van der Waals surface area contributed by atoms with Gasteiger partial charge in [-0.15, -0.1) is 0 Å². The molecule has 1 amide bonds. The highest BCUT2D eigenvalue weighted by Gasteiger charge is 2.25. The molecule has 3 aromatic carbocycles. The number of para-hydroxylation sites is 1. The molecule has 1 fully saturated rings. The number of nitro benzene ring substituents is 1. The molecule has 32 heavy (non-hydrogen) atoms. The number of nitro groups is 1. The Morgan fingerprint density at radius 1 is 0.969 bits per heavy atom. The lowest BCUT2D eigenvalue weighted by atomic mass is 10.1. The van der Waals surface area contributed by atoms with Crippen LogP contribution in [0.2, 0.25) is 0 Å². The fraction of sp³-hybridized carbons (Fsp3) is 0. The molecule has 0 saturated carbocycles. The summed E-state index contributed by atoms with van der Waals surface area (Å²) in [5, 5.41) is 16.6. The normalized spacial score (nSPS) is 16.1. The summed E-state index contributed by atoms with van der Waals surface area (Å²) >= 11 is 1.21. The van der Waals surface area contributed by atoms with Crippen LogP contribution >= 0.6 is 11.8 Å². The van der Waals surface area contributed by atoms with Gasteiger partial charge < -0.3 is 9.73 Å². The first-order valence-electron chi connectivity index (χ1n) is 9.69. The molecule has 1 aliphatic rings. The molecule has 0 radical (unpaired) electrons. The van der Waals surface area contributed by atoms with Crippen molar-refractivity contribution in [1.29, 1.82) is 0 Å². The molecule has 0 atom stereocenters. The molecule has 156 valence electrons. The van der Waals surface area contributed by atoms with Gasteiger partial charge in [-0.05, 0) is 41.4 Å². The van der Waals surface area contributed by atoms with Gasteiger partial charge in [-0.3, -0.25) is 14.9 Å². The quantitative estimate of drug-likeness (QED) is 0.242. The summed E-state index contributed by atoms with van der Waals surface area (Å²) in [5.41, 5.74) is 1.10. The van der Waals surface area contributed by atoms with Crippen LogP contribution < -0.4 is 5.32 Å². The van der Waals surface area contributed by atoms with E-state index in [1.807, 2.05) is 42.5 Å². The summed E-state index contributed by atoms with van der Waals surface area (Å²) in [6, 6.07) is 23.4. The van der Waals surface area contributed by atoms with Crippen molar-refractivity contribution in [1.82, 2.24) is 5.32 Å². The summed E-state index contributed by atoms with van der Waals surface area (Å²) in [5.74, 6) is 0.497. The lowest BCUT2D eigenvalue weighted by Crippen LogP contribution is -2.19. The molecule has 1 aliphatic heterocycles. The van der Waals surface area contributed by atoms with Crippen molar-refractivity contribution in [2.75, 3.05) is 0 Å². The van der Waals surface area contributed by atoms with E-state index in [1.54, 1.807) is 36.4 Å². The van der Waals surface area contributed by atoms with E-state index < -0.39 is 4.92 Å². The predicted molar refractivity (Wildman–Crippen MR) is 126 cm³/mol. The highest BCUT2D eigenvalue weighted by atomic mass is 32.2. The van der Waals surface area contributed by atoms with Crippen molar-refractivity contribution in [2.24, 2.45) is 4.99 Å². The largest absolute Gasteiger partial charge is 0.456 e. The Labute approximate surface area is 186 Å². The second-order valence-corrected chi connectivity index (χ2v) is 7.99. The summed E-state index contributed by atoms with van der Waals surface area (Å²) in [4.78, 5) is 28.3. The molecule has 1 N–H and O–H groups in total. The third kappa shape index (κ3) is 3.79. The van der Waals surface area contributed by atoms with E-state index in [0.29, 0.717) is 27.2 Å². The van der Waals surface area contributed by atoms with Gasteiger partial charge in [0, 0.05) is 17.5 Å². The van der Waals surface area contributed by atoms with Crippen LogP contribution in [-0.4, -0.2) is 16.0 Å². The number of rotatable bonds is 4. The number of aliphatic imine (C=N–C) groups is 1. The number of hydrogen-bond acceptors (Lipinski definition) is 6. The van der Waals surface area contributed by atoms with Crippen molar-refractivity contribution in [3.05, 3.63) is 99.6 Å². The monoisotopic (exact) mass is 441 g/mol. The van der Waals surface area contributed by atoms with Gasteiger partial charge in [0.15, 0.2) is 5.17 Å². The molecule has 0 spiro atoms. The summed E-state index contributed by atoms with van der Waals surface area (Å²) in [7, 11) is 0. The highest BCUT2D eigenvalue weighted by molar-refractivity contribution is 8.18. The average molecular weight is 441 g/mol. The van der Waals surface area contributed by atoms with Crippen molar-refractivity contribution < 1.29 is 14.1 Å². The summed E-state index contributed by atoms with van der Waals surface area (Å²) in [6.45, 7) is 0. The number of carbonyl (C=O) groups is 1. The van der Waals surface area contributed by atoms with Crippen molar-refractivity contribution >= 4 is 51.1 Å². The van der Waals surface area contributed by atoms with Crippen molar-refractivity contribution in [3.8, 4) is 11.3 Å². The SMILES string of the molecule is O=C1NC(=Nc2cccc3ccccc23)S/C1=C/c1ccc(-c2ccccc2[N+](=O)[O-])o1. The number of hydrogen-bond donors (Lipinski definition) is 1. The van der Waals surface area contributed by atoms with E-state index in [9.17, 15) is 14.9 Å². The van der Waals surface area contributed by atoms with Gasteiger partial charge in [0.25, 0.3) is 11.6 Å². The first-order chi connectivity index (χ1) is 15.6. The Balaban J connectivity index is 1.42. The lowest BCUT2D eigenvalue weighted by molar-refractivity contribution is -0.384. The second kappa shape index (κ2) is 8.16. The van der Waals surface area contributed by atoms with Gasteiger partial charge in [-0.2, -0.15) is 0 Å². The zero-order valence-electron chi connectivity index (χ0n) is 16.5. The zero-order chi connectivity index (χ0) is 22.1. The topological polar surface area (TPSA) is 97.7 Å². The van der Waals surface area contributed by atoms with Crippen molar-refractivity contribution in [3.63, 3.8) is 0 Å². The minimum absolute atomic E-state index is 0.0430. The minimum atomic E-state index is -0.452. The molecule has 7 nitrogen and oxygen atoms in total. The highest BCUT2D eigenvalue weighted by Crippen LogP contribution is 2.34. The van der Waals surface area contributed by atoms with Gasteiger partial charge in [0.05, 0.1) is 21.1 Å². The number of furan rings is 1. The molecular weight excluding hydrogens is 426 g/mol. The van der Waals surface area contributed by atoms with Crippen LogP contribution in [0.1, 0.15) is 5.76 Å². The number of thioether (sulfide) groups is 1. The number of amides is 1. The van der Waals surface area contributed by atoms with Gasteiger partial charge in [-0.1, -0.05) is 48.5 Å². The Kier molecular flexibility index (Phi) is 5.04. The van der Waals surface area contributed by atoms with Crippen LogP contribution in [0.3, 0.4) is 0 Å². The molecule has 0 bridgehead atoms. The number of benzene rings is 3. The fourth-order valence-electron chi connectivity index (χ4n) is 3.44. The van der Waals surface area contributed by atoms with Crippen LogP contribution in [0.5, 0.6) is 0 Å². The number of carbonyl (C=O) groups excluding carboxylic acids is 1. The Morgan fingerprint density at radius 3 is 2.62 bits per heavy atom. The zero-order valence-corrected chi connectivity index (χ0v) is 17.3. The van der Waals surface area contributed by atoms with E-state index in [0.717, 1.165) is 16.5 Å². The molecular formula is C24H15N3O4S. The third-order valence-electron chi connectivity index (χ3n) is 4.91. The molecule has 5 rings (SSSR count). The maximum Gasteiger partial charge on any atom is 0.280 e. The lowest BCUT2D eigenvalue weighted by Gasteiger charge is -2.02. The number of nitrogens with zero attached hydrogens (tertiary/aromatic N) is 2. The summed E-state index contributed by atoms with van der Waals surface area (Å²) < 4.78 is 5.77. The standard InChI is InChI=1S/C24H15N3O4S/c28-23-22(14-16-12-13-21(31-16)18-9-3-4-11-20(18)27(29)30)32-24(26-23)25-19-10-5-7-15-6-1-2-8-17(15)19/h1-14H,(H,25,26,28)/b22-14+. The fourth-order valence-corrected chi connectivity index (χ4v) is 4.26. The molecule has 4 aromatic rings. The maximum atomic E-state index is 12.5. The molecule has 1 saturated heterocycles. The molecule has 0 unspecified atom stereocenters. The molecule has 2 heterocycles. The van der Waals surface area contributed by atoms with E-state index in [4.69, 9.17) is 4.42 Å². The minimum Gasteiger partial charge on any atom is -0.456 e. The number of amidine groups is 1. The number of nitrogens with one attached hydrogen (secondary N) is 1.